The molecule has 8 heteroatoms. The minimum Gasteiger partial charge on any atom is -0.355 e. The number of hydrogen-bond acceptors (Lipinski definition) is 4. The Bertz CT molecular complexity index is 595. The number of nitrogens with two attached hydrogens (primary N) is 1. The Labute approximate surface area is 142 Å². The van der Waals surface area contributed by atoms with Crippen LogP contribution in [0.5, 0.6) is 0 Å². The van der Waals surface area contributed by atoms with Crippen molar-refractivity contribution >= 4 is 46.1 Å². The van der Waals surface area contributed by atoms with Crippen molar-refractivity contribution in [2.24, 2.45) is 5.73 Å². The number of hydrogen-bond donors (Lipinski definition) is 2. The molecule has 3 amide bonds. The number of halogens is 2. The molecule has 0 spiro atoms. The van der Waals surface area contributed by atoms with Crippen molar-refractivity contribution in [3.8, 4) is 0 Å². The van der Waals surface area contributed by atoms with E-state index in [-0.39, 0.29) is 24.9 Å². The Morgan fingerprint density at radius 1 is 1.18 bits per heavy atom. The summed E-state index contributed by atoms with van der Waals surface area (Å²) in [4.78, 5) is 37.0. The Kier molecular flexibility index (Phi) is 6.99. The lowest BCUT2D eigenvalue weighted by molar-refractivity contribution is -0.121. The molecule has 2 rings (SSSR count). The van der Waals surface area contributed by atoms with E-state index in [1.165, 1.54) is 0 Å². The molecule has 6 nitrogen and oxygen atoms in total. The molecule has 0 saturated carbocycles. The fourth-order valence-corrected chi connectivity index (χ4v) is 2.46. The molecule has 0 radical (unpaired) electrons. The average molecular weight is 391 g/mol. The largest absolute Gasteiger partial charge is 0.355 e. The molecular weight excluding hydrogens is 374 g/mol. The second-order valence-electron chi connectivity index (χ2n) is 4.73. The number of carbonyl (C=O) groups excluding carboxylic acids is 3. The van der Waals surface area contributed by atoms with Crippen LogP contribution in [0.15, 0.2) is 22.7 Å². The third kappa shape index (κ3) is 4.06. The number of nitrogens with zero attached hydrogens (tertiary/aromatic N) is 1. The minimum absolute atomic E-state index is 0. The zero-order chi connectivity index (χ0) is 15.4. The van der Waals surface area contributed by atoms with Crippen LogP contribution in [-0.4, -0.2) is 42.3 Å². The number of benzene rings is 1. The molecule has 0 unspecified atom stereocenters. The van der Waals surface area contributed by atoms with E-state index in [0.29, 0.717) is 24.2 Å². The molecule has 1 aromatic rings. The maximum absolute atomic E-state index is 12.2. The third-order valence-corrected chi connectivity index (χ3v) is 3.68. The summed E-state index contributed by atoms with van der Waals surface area (Å²) < 4.78 is 0.718. The summed E-state index contributed by atoms with van der Waals surface area (Å²) in [5.41, 5.74) is 6.02. The summed E-state index contributed by atoms with van der Waals surface area (Å²) in [6.07, 6.45) is 1.60. The summed E-state index contributed by atoms with van der Waals surface area (Å²) in [5, 5.41) is 2.67. The second kappa shape index (κ2) is 8.26. The van der Waals surface area contributed by atoms with Gasteiger partial charge >= 0.3 is 0 Å². The molecule has 1 aliphatic heterocycles. The molecular formula is C14H17BrClN3O3. The van der Waals surface area contributed by atoms with Gasteiger partial charge in [-0.25, -0.2) is 0 Å². The SMILES string of the molecule is Cl.NCCCCNC(=O)CN1C(=O)c2ccc(Br)cc2C1=O. The molecule has 0 bridgehead atoms. The maximum Gasteiger partial charge on any atom is 0.262 e. The number of nitrogens with one attached hydrogen (secondary N) is 1. The number of carbonyl (C=O) groups is 3. The van der Waals surface area contributed by atoms with Crippen molar-refractivity contribution in [3.63, 3.8) is 0 Å². The number of fused-ring (bicyclic) bond motifs is 1. The van der Waals surface area contributed by atoms with Gasteiger partial charge in [0, 0.05) is 11.0 Å². The van der Waals surface area contributed by atoms with Crippen molar-refractivity contribution in [2.75, 3.05) is 19.6 Å². The van der Waals surface area contributed by atoms with E-state index >= 15 is 0 Å². The standard InChI is InChI=1S/C14H16BrN3O3.ClH/c15-9-3-4-10-11(7-9)14(21)18(13(10)20)8-12(19)17-6-2-1-5-16;/h3-4,7H,1-2,5-6,8,16H2,(H,17,19);1H. The van der Waals surface area contributed by atoms with Gasteiger partial charge in [0.1, 0.15) is 6.54 Å². The molecule has 1 aromatic carbocycles. The van der Waals surface area contributed by atoms with Crippen molar-refractivity contribution < 1.29 is 14.4 Å². The quantitative estimate of drug-likeness (QED) is 0.566. The molecule has 0 atom stereocenters. The number of rotatable bonds is 6. The van der Waals surface area contributed by atoms with Crippen molar-refractivity contribution in [2.45, 2.75) is 12.8 Å². The summed E-state index contributed by atoms with van der Waals surface area (Å²) in [5.74, 6) is -1.21. The summed E-state index contributed by atoms with van der Waals surface area (Å²) in [6.45, 7) is 0.806. The van der Waals surface area contributed by atoms with E-state index in [4.69, 9.17) is 5.73 Å². The van der Waals surface area contributed by atoms with Gasteiger partial charge in [0.25, 0.3) is 11.8 Å². The van der Waals surface area contributed by atoms with Crippen LogP contribution >= 0.6 is 28.3 Å². The maximum atomic E-state index is 12.2. The van der Waals surface area contributed by atoms with Gasteiger partial charge in [0.05, 0.1) is 11.1 Å². The molecule has 1 heterocycles. The van der Waals surface area contributed by atoms with E-state index in [0.717, 1.165) is 22.2 Å². The van der Waals surface area contributed by atoms with Crippen LogP contribution in [0.3, 0.4) is 0 Å². The van der Waals surface area contributed by atoms with E-state index in [2.05, 4.69) is 21.2 Å². The highest BCUT2D eigenvalue weighted by Gasteiger charge is 2.36. The number of imide groups is 1. The van der Waals surface area contributed by atoms with Crippen LogP contribution in [0.1, 0.15) is 33.6 Å². The summed E-state index contributed by atoms with van der Waals surface area (Å²) in [6, 6.07) is 4.87. The van der Waals surface area contributed by atoms with Gasteiger partial charge in [-0.3, -0.25) is 19.3 Å². The van der Waals surface area contributed by atoms with Crippen LogP contribution in [0.2, 0.25) is 0 Å². The first-order valence-electron chi connectivity index (χ1n) is 6.67. The van der Waals surface area contributed by atoms with Gasteiger partial charge in [-0.15, -0.1) is 12.4 Å². The number of unbranched alkanes of at least 4 members (excludes halogenated alkanes) is 1. The van der Waals surface area contributed by atoms with E-state index in [1.807, 2.05) is 0 Å². The van der Waals surface area contributed by atoms with Gasteiger partial charge in [-0.1, -0.05) is 15.9 Å². The summed E-state index contributed by atoms with van der Waals surface area (Å²) >= 11 is 3.26. The summed E-state index contributed by atoms with van der Waals surface area (Å²) in [7, 11) is 0. The van der Waals surface area contributed by atoms with E-state index < -0.39 is 11.8 Å². The van der Waals surface area contributed by atoms with Gasteiger partial charge in [-0.2, -0.15) is 0 Å². The molecule has 1 aliphatic rings. The monoisotopic (exact) mass is 389 g/mol. The predicted octanol–water partition coefficient (Wildman–Crippen LogP) is 1.32. The molecule has 22 heavy (non-hydrogen) atoms. The van der Waals surface area contributed by atoms with Crippen LogP contribution in [0.4, 0.5) is 0 Å². The van der Waals surface area contributed by atoms with Crippen molar-refractivity contribution in [3.05, 3.63) is 33.8 Å². The fourth-order valence-electron chi connectivity index (χ4n) is 2.10. The molecule has 120 valence electrons. The molecule has 0 aliphatic carbocycles. The molecule has 0 aromatic heterocycles. The first-order chi connectivity index (χ1) is 10.0. The lowest BCUT2D eigenvalue weighted by Gasteiger charge is -2.13. The minimum atomic E-state index is -0.437. The Balaban J connectivity index is 0.00000242. The Hall–Kier alpha value is -1.44. The zero-order valence-corrected chi connectivity index (χ0v) is 14.2. The van der Waals surface area contributed by atoms with Gasteiger partial charge in [0.15, 0.2) is 0 Å². The van der Waals surface area contributed by atoms with Crippen LogP contribution in [-0.2, 0) is 4.79 Å². The fraction of sp³-hybridized carbons (Fsp3) is 0.357. The lowest BCUT2D eigenvalue weighted by atomic mass is 10.1. The van der Waals surface area contributed by atoms with Crippen molar-refractivity contribution in [1.82, 2.24) is 10.2 Å². The van der Waals surface area contributed by atoms with Gasteiger partial charge in [-0.05, 0) is 37.6 Å². The number of amides is 3. The van der Waals surface area contributed by atoms with E-state index in [1.54, 1.807) is 18.2 Å². The molecule has 0 fully saturated rings. The lowest BCUT2D eigenvalue weighted by Crippen LogP contribution is -2.40. The van der Waals surface area contributed by atoms with Gasteiger partial charge in [0.2, 0.25) is 5.91 Å². The average Bonchev–Trinajstić information content (AvgIpc) is 2.68. The normalized spacial score (nSPS) is 12.9. The first kappa shape index (κ1) is 18.6. The first-order valence-corrected chi connectivity index (χ1v) is 7.46. The topological polar surface area (TPSA) is 92.5 Å². The Morgan fingerprint density at radius 2 is 1.86 bits per heavy atom. The highest BCUT2D eigenvalue weighted by Crippen LogP contribution is 2.25. The predicted molar refractivity (Wildman–Crippen MR) is 88.1 cm³/mol. The highest BCUT2D eigenvalue weighted by molar-refractivity contribution is 9.10. The van der Waals surface area contributed by atoms with Crippen molar-refractivity contribution in [1.29, 1.82) is 0 Å². The van der Waals surface area contributed by atoms with E-state index in [9.17, 15) is 14.4 Å². The Morgan fingerprint density at radius 3 is 2.55 bits per heavy atom. The molecule has 0 saturated heterocycles. The third-order valence-electron chi connectivity index (χ3n) is 3.19. The van der Waals surface area contributed by atoms with Crippen LogP contribution in [0.25, 0.3) is 0 Å². The second-order valence-corrected chi connectivity index (χ2v) is 5.65. The highest BCUT2D eigenvalue weighted by atomic mass is 79.9. The van der Waals surface area contributed by atoms with Crippen LogP contribution in [0, 0.1) is 0 Å². The zero-order valence-electron chi connectivity index (χ0n) is 11.8. The van der Waals surface area contributed by atoms with Gasteiger partial charge < -0.3 is 11.1 Å². The molecule has 3 N–H and O–H groups in total. The van der Waals surface area contributed by atoms with Crippen LogP contribution < -0.4 is 11.1 Å². The smallest absolute Gasteiger partial charge is 0.262 e.